The lowest BCUT2D eigenvalue weighted by Gasteiger charge is -2.24. The Morgan fingerprint density at radius 2 is 1.69 bits per heavy atom. The lowest BCUT2D eigenvalue weighted by molar-refractivity contribution is -0.134. The Kier molecular flexibility index (Phi) is 10.2. The van der Waals surface area contributed by atoms with Crippen LogP contribution in [0.2, 0.25) is 0 Å². The van der Waals surface area contributed by atoms with E-state index in [2.05, 4.69) is 18.8 Å². The maximum Gasteiger partial charge on any atom is 0.311 e. The van der Waals surface area contributed by atoms with Crippen LogP contribution in [0.4, 0.5) is 0 Å². The molecule has 1 heterocycles. The maximum atomic E-state index is 12.0. The predicted molar refractivity (Wildman–Crippen MR) is 131 cm³/mol. The summed E-state index contributed by atoms with van der Waals surface area (Å²) in [4.78, 5) is 21.5. The summed E-state index contributed by atoms with van der Waals surface area (Å²) in [6, 6.07) is 7.58. The first-order chi connectivity index (χ1) is 15.7. The third-order valence-corrected chi connectivity index (χ3v) is 6.55. The Morgan fingerprint density at radius 3 is 2.44 bits per heavy atom. The Hall–Kier alpha value is -2.23. The van der Waals surface area contributed by atoms with Gasteiger partial charge in [0.1, 0.15) is 5.75 Å². The van der Waals surface area contributed by atoms with Gasteiger partial charge in [0.15, 0.2) is 5.82 Å². The van der Waals surface area contributed by atoms with Gasteiger partial charge in [0, 0.05) is 23.9 Å². The third kappa shape index (κ3) is 7.72. The molecule has 4 nitrogen and oxygen atoms in total. The summed E-state index contributed by atoms with van der Waals surface area (Å²) in [5, 5.41) is 0. The highest BCUT2D eigenvalue weighted by Gasteiger charge is 2.20. The molecule has 0 N–H and O–H groups in total. The van der Waals surface area contributed by atoms with Crippen molar-refractivity contribution >= 4 is 5.97 Å². The van der Waals surface area contributed by atoms with Crippen molar-refractivity contribution in [2.75, 3.05) is 0 Å². The molecule has 32 heavy (non-hydrogen) atoms. The van der Waals surface area contributed by atoms with Crippen LogP contribution >= 0.6 is 0 Å². The van der Waals surface area contributed by atoms with Gasteiger partial charge in [-0.15, -0.1) is 0 Å². The van der Waals surface area contributed by atoms with Gasteiger partial charge in [0.05, 0.1) is 0 Å². The highest BCUT2D eigenvalue weighted by Crippen LogP contribution is 2.29. The monoisotopic (exact) mass is 436 g/mol. The van der Waals surface area contributed by atoms with Gasteiger partial charge in [-0.05, 0) is 61.4 Å². The zero-order valence-corrected chi connectivity index (χ0v) is 20.1. The summed E-state index contributed by atoms with van der Waals surface area (Å²) < 4.78 is 5.46. The highest BCUT2D eigenvalue weighted by molar-refractivity contribution is 5.72. The van der Waals surface area contributed by atoms with Gasteiger partial charge in [-0.1, -0.05) is 71.6 Å². The molecular formula is C28H40N2O2. The molecule has 0 fully saturated rings. The van der Waals surface area contributed by atoms with Crippen LogP contribution in [-0.2, 0) is 17.6 Å². The van der Waals surface area contributed by atoms with Crippen LogP contribution in [0.3, 0.4) is 0 Å². The van der Waals surface area contributed by atoms with E-state index in [-0.39, 0.29) is 5.97 Å². The molecule has 2 aromatic rings. The van der Waals surface area contributed by atoms with Gasteiger partial charge in [-0.2, -0.15) is 0 Å². The van der Waals surface area contributed by atoms with E-state index in [0.29, 0.717) is 12.2 Å². The summed E-state index contributed by atoms with van der Waals surface area (Å²) in [6.45, 7) is 4.44. The molecule has 0 aliphatic heterocycles. The average molecular weight is 437 g/mol. The molecule has 0 spiro atoms. The molecule has 3 rings (SSSR count). The number of benzene rings is 1. The van der Waals surface area contributed by atoms with Crippen molar-refractivity contribution in [3.63, 3.8) is 0 Å². The zero-order valence-electron chi connectivity index (χ0n) is 20.1. The average Bonchev–Trinajstić information content (AvgIpc) is 2.82. The van der Waals surface area contributed by atoms with Gasteiger partial charge in [0.2, 0.25) is 0 Å². The Labute approximate surface area is 194 Å². The third-order valence-electron chi connectivity index (χ3n) is 6.55. The first-order valence-electron chi connectivity index (χ1n) is 12.9. The van der Waals surface area contributed by atoms with Crippen LogP contribution in [0, 0.1) is 5.92 Å². The van der Waals surface area contributed by atoms with Crippen molar-refractivity contribution in [2.45, 2.75) is 104 Å². The molecule has 174 valence electrons. The van der Waals surface area contributed by atoms with Crippen molar-refractivity contribution in [3.05, 3.63) is 41.7 Å². The van der Waals surface area contributed by atoms with Crippen LogP contribution < -0.4 is 4.74 Å². The van der Waals surface area contributed by atoms with Crippen molar-refractivity contribution < 1.29 is 9.53 Å². The maximum absolute atomic E-state index is 12.0. The number of carbonyl (C=O) groups is 1. The largest absolute Gasteiger partial charge is 0.427 e. The SMILES string of the molecule is CCCCCCCC1CCc2nc(-c3ccc(OC(=O)CCCCCC)cc3)ncc2C1. The standard InChI is InChI=1S/C28H40N2O2/c1-3-5-7-9-10-12-22-14-19-26-24(20-22)21-29-28(30-26)23-15-17-25(18-16-23)32-27(31)13-11-8-6-4-2/h15-18,21-22H,3-14,19-20H2,1-2H3. The van der Waals surface area contributed by atoms with Gasteiger partial charge in [0.25, 0.3) is 0 Å². The van der Waals surface area contributed by atoms with E-state index in [1.165, 1.54) is 69.0 Å². The number of nitrogens with zero attached hydrogens (tertiary/aromatic N) is 2. The summed E-state index contributed by atoms with van der Waals surface area (Å²) >= 11 is 0. The molecule has 0 bridgehead atoms. The van der Waals surface area contributed by atoms with Crippen molar-refractivity contribution in [1.29, 1.82) is 0 Å². The van der Waals surface area contributed by atoms with E-state index in [4.69, 9.17) is 9.72 Å². The molecule has 0 radical (unpaired) electrons. The first-order valence-corrected chi connectivity index (χ1v) is 12.9. The topological polar surface area (TPSA) is 52.1 Å². The smallest absolute Gasteiger partial charge is 0.311 e. The minimum absolute atomic E-state index is 0.154. The molecule has 1 aromatic carbocycles. The Morgan fingerprint density at radius 1 is 0.969 bits per heavy atom. The van der Waals surface area contributed by atoms with E-state index < -0.39 is 0 Å². The summed E-state index contributed by atoms with van der Waals surface area (Å²) in [5.74, 6) is 1.99. The molecule has 0 saturated heterocycles. The number of carbonyl (C=O) groups excluding carboxylic acids is 1. The summed E-state index contributed by atoms with van der Waals surface area (Å²) in [6.07, 6.45) is 18.4. The van der Waals surface area contributed by atoms with Gasteiger partial charge >= 0.3 is 5.97 Å². The molecule has 1 aromatic heterocycles. The minimum atomic E-state index is -0.154. The number of unbranched alkanes of at least 4 members (excludes halogenated alkanes) is 7. The second kappa shape index (κ2) is 13.3. The van der Waals surface area contributed by atoms with Crippen molar-refractivity contribution in [2.24, 2.45) is 5.92 Å². The van der Waals surface area contributed by atoms with Crippen molar-refractivity contribution in [1.82, 2.24) is 9.97 Å². The van der Waals surface area contributed by atoms with E-state index >= 15 is 0 Å². The van der Waals surface area contributed by atoms with Gasteiger partial charge in [-0.25, -0.2) is 9.97 Å². The number of hydrogen-bond donors (Lipinski definition) is 0. The molecule has 1 atom stereocenters. The second-order valence-electron chi connectivity index (χ2n) is 9.29. The number of fused-ring (bicyclic) bond motifs is 1. The highest BCUT2D eigenvalue weighted by atomic mass is 16.5. The number of ether oxygens (including phenoxy) is 1. The summed E-state index contributed by atoms with van der Waals surface area (Å²) in [5.41, 5.74) is 3.50. The van der Waals surface area contributed by atoms with Crippen LogP contribution in [-0.4, -0.2) is 15.9 Å². The fourth-order valence-corrected chi connectivity index (χ4v) is 4.56. The zero-order chi connectivity index (χ0) is 22.6. The summed E-state index contributed by atoms with van der Waals surface area (Å²) in [7, 11) is 0. The minimum Gasteiger partial charge on any atom is -0.427 e. The number of hydrogen-bond acceptors (Lipinski definition) is 4. The fraction of sp³-hybridized carbons (Fsp3) is 0.607. The van der Waals surface area contributed by atoms with E-state index in [0.717, 1.165) is 43.0 Å². The van der Waals surface area contributed by atoms with Crippen LogP contribution in [0.15, 0.2) is 30.5 Å². The lowest BCUT2D eigenvalue weighted by Crippen LogP contribution is -2.16. The Balaban J connectivity index is 1.50. The van der Waals surface area contributed by atoms with Crippen LogP contribution in [0.5, 0.6) is 5.75 Å². The van der Waals surface area contributed by atoms with Gasteiger partial charge < -0.3 is 4.74 Å². The fourth-order valence-electron chi connectivity index (χ4n) is 4.56. The van der Waals surface area contributed by atoms with E-state index in [1.807, 2.05) is 30.5 Å². The van der Waals surface area contributed by atoms with E-state index in [9.17, 15) is 4.79 Å². The molecule has 4 heteroatoms. The first kappa shape index (κ1) is 24.4. The van der Waals surface area contributed by atoms with Crippen LogP contribution in [0.1, 0.15) is 102 Å². The predicted octanol–water partition coefficient (Wildman–Crippen LogP) is 7.48. The lowest BCUT2D eigenvalue weighted by atomic mass is 9.84. The number of aromatic nitrogens is 2. The van der Waals surface area contributed by atoms with Crippen molar-refractivity contribution in [3.8, 4) is 17.1 Å². The molecule has 1 aliphatic rings. The molecular weight excluding hydrogens is 396 g/mol. The quantitative estimate of drug-likeness (QED) is 0.185. The second-order valence-corrected chi connectivity index (χ2v) is 9.29. The van der Waals surface area contributed by atoms with Crippen LogP contribution in [0.25, 0.3) is 11.4 Å². The Bertz CT molecular complexity index is 832. The number of aryl methyl sites for hydroxylation is 1. The molecule has 0 amide bonds. The number of rotatable bonds is 13. The molecule has 1 aliphatic carbocycles. The molecule has 1 unspecified atom stereocenters. The number of esters is 1. The molecule has 0 saturated carbocycles. The van der Waals surface area contributed by atoms with E-state index in [1.54, 1.807) is 0 Å². The van der Waals surface area contributed by atoms with Gasteiger partial charge in [-0.3, -0.25) is 4.79 Å². The normalized spacial score (nSPS) is 15.4.